The average molecular weight is 486 g/mol. The lowest BCUT2D eigenvalue weighted by Crippen LogP contribution is -2.40. The van der Waals surface area contributed by atoms with Crippen molar-refractivity contribution < 1.29 is 9.18 Å². The Hall–Kier alpha value is -3.08. The Balaban J connectivity index is 1.64. The number of likely N-dealkylation sites (tertiary alicyclic amines) is 1. The van der Waals surface area contributed by atoms with E-state index >= 15 is 0 Å². The van der Waals surface area contributed by atoms with Crippen LogP contribution in [0.25, 0.3) is 10.9 Å². The molecule has 0 bridgehead atoms. The Morgan fingerprint density at radius 3 is 2.79 bits per heavy atom. The highest BCUT2D eigenvalue weighted by Crippen LogP contribution is 2.35. The van der Waals surface area contributed by atoms with Crippen molar-refractivity contribution in [1.82, 2.24) is 9.88 Å². The minimum absolute atomic E-state index is 0.0238. The maximum absolute atomic E-state index is 13.6. The van der Waals surface area contributed by atoms with Crippen LogP contribution in [0.1, 0.15) is 25.3 Å². The summed E-state index contributed by atoms with van der Waals surface area (Å²) in [6.07, 6.45) is 3.47. The fourth-order valence-corrected chi connectivity index (χ4v) is 4.53. The summed E-state index contributed by atoms with van der Waals surface area (Å²) in [6.45, 7) is 3.81. The van der Waals surface area contributed by atoms with Crippen molar-refractivity contribution in [3.63, 3.8) is 0 Å². The summed E-state index contributed by atoms with van der Waals surface area (Å²) < 4.78 is 13.6. The fourth-order valence-electron chi connectivity index (χ4n) is 4.08. The molecule has 2 aromatic carbocycles. The van der Waals surface area contributed by atoms with Gasteiger partial charge in [0.15, 0.2) is 0 Å². The van der Waals surface area contributed by atoms with Gasteiger partial charge in [-0.05, 0) is 49.1 Å². The molecule has 3 aromatic rings. The van der Waals surface area contributed by atoms with Crippen molar-refractivity contribution >= 4 is 57.1 Å². The van der Waals surface area contributed by atoms with Crippen LogP contribution in [0.2, 0.25) is 10.0 Å². The molecule has 33 heavy (non-hydrogen) atoms. The fraction of sp³-hybridized carbons (Fsp3) is 0.292. The van der Waals surface area contributed by atoms with Gasteiger partial charge in [0, 0.05) is 49.5 Å². The van der Waals surface area contributed by atoms with Crippen LogP contribution in [0.5, 0.6) is 0 Å². The van der Waals surface area contributed by atoms with E-state index in [9.17, 15) is 14.4 Å². The summed E-state index contributed by atoms with van der Waals surface area (Å²) >= 11 is 12.4. The van der Waals surface area contributed by atoms with Gasteiger partial charge in [0.1, 0.15) is 11.9 Å². The van der Waals surface area contributed by atoms with Crippen LogP contribution < -0.4 is 10.6 Å². The normalized spacial score (nSPS) is 15.8. The van der Waals surface area contributed by atoms with Crippen LogP contribution in [0, 0.1) is 23.1 Å². The van der Waals surface area contributed by atoms with Gasteiger partial charge in [-0.25, -0.2) is 4.39 Å². The molecule has 1 aliphatic rings. The number of hydrogen-bond acceptors (Lipinski definition) is 5. The molecule has 1 saturated heterocycles. The largest absolute Gasteiger partial charge is 0.385 e. The van der Waals surface area contributed by atoms with Crippen LogP contribution >= 0.6 is 23.2 Å². The third-order valence-electron chi connectivity index (χ3n) is 5.79. The van der Waals surface area contributed by atoms with Crippen molar-refractivity contribution in [2.75, 3.05) is 30.3 Å². The number of hydrogen-bond donors (Lipinski definition) is 2. The van der Waals surface area contributed by atoms with Gasteiger partial charge >= 0.3 is 0 Å². The highest BCUT2D eigenvalue weighted by molar-refractivity contribution is 6.36. The standard InChI is InChI=1S/C24H22Cl2FN5O/c1-14(33)32-6-2-3-15(13-32)11-29-18-7-19-23(31-17-4-5-22(27)20(25)8-17)16(10-28)12-30-24(19)21(26)9-18/h4-5,7-9,12,15,29H,2-3,6,11,13H2,1H3,(H,30,31). The second-order valence-corrected chi connectivity index (χ2v) is 8.94. The van der Waals surface area contributed by atoms with E-state index in [4.69, 9.17) is 23.2 Å². The third kappa shape index (κ3) is 5.13. The molecule has 0 radical (unpaired) electrons. The van der Waals surface area contributed by atoms with Crippen LogP contribution in [-0.4, -0.2) is 35.4 Å². The number of fused-ring (bicyclic) bond motifs is 1. The van der Waals surface area contributed by atoms with E-state index in [2.05, 4.69) is 21.7 Å². The van der Waals surface area contributed by atoms with E-state index in [1.165, 1.54) is 18.3 Å². The Kier molecular flexibility index (Phi) is 6.87. The molecule has 2 N–H and O–H groups in total. The number of pyridine rings is 1. The third-order valence-corrected chi connectivity index (χ3v) is 6.37. The molecule has 1 aliphatic heterocycles. The molecular formula is C24H22Cl2FN5O. The second-order valence-electron chi connectivity index (χ2n) is 8.12. The summed E-state index contributed by atoms with van der Waals surface area (Å²) in [4.78, 5) is 17.9. The number of aromatic nitrogens is 1. The molecular weight excluding hydrogens is 464 g/mol. The Morgan fingerprint density at radius 1 is 1.27 bits per heavy atom. The maximum Gasteiger partial charge on any atom is 0.219 e. The highest BCUT2D eigenvalue weighted by atomic mass is 35.5. The SMILES string of the molecule is CC(=O)N1CCCC(CNc2cc(Cl)c3ncc(C#N)c(Nc4ccc(F)c(Cl)c4)c3c2)C1. The number of nitrogens with one attached hydrogen (secondary N) is 2. The van der Waals surface area contributed by atoms with Gasteiger partial charge in [-0.2, -0.15) is 5.26 Å². The van der Waals surface area contributed by atoms with Gasteiger partial charge in [0.2, 0.25) is 5.91 Å². The minimum Gasteiger partial charge on any atom is -0.385 e. The first-order chi connectivity index (χ1) is 15.9. The van der Waals surface area contributed by atoms with Crippen LogP contribution in [0.4, 0.5) is 21.5 Å². The number of anilines is 3. The van der Waals surface area contributed by atoms with E-state index in [-0.39, 0.29) is 10.9 Å². The number of benzene rings is 2. The van der Waals surface area contributed by atoms with E-state index in [1.54, 1.807) is 19.1 Å². The molecule has 1 amide bonds. The summed E-state index contributed by atoms with van der Waals surface area (Å²) in [5, 5.41) is 17.3. The zero-order valence-corrected chi connectivity index (χ0v) is 19.5. The number of nitrogens with zero attached hydrogens (tertiary/aromatic N) is 3. The predicted molar refractivity (Wildman–Crippen MR) is 130 cm³/mol. The zero-order chi connectivity index (χ0) is 23.5. The number of rotatable bonds is 5. The molecule has 6 nitrogen and oxygen atoms in total. The lowest BCUT2D eigenvalue weighted by atomic mass is 9.98. The van der Waals surface area contributed by atoms with Gasteiger partial charge in [0.25, 0.3) is 0 Å². The molecule has 4 rings (SSSR count). The Morgan fingerprint density at radius 2 is 2.06 bits per heavy atom. The van der Waals surface area contributed by atoms with Crippen molar-refractivity contribution in [1.29, 1.82) is 5.26 Å². The maximum atomic E-state index is 13.6. The lowest BCUT2D eigenvalue weighted by molar-refractivity contribution is -0.130. The summed E-state index contributed by atoms with van der Waals surface area (Å²) in [7, 11) is 0. The quantitative estimate of drug-likeness (QED) is 0.465. The zero-order valence-electron chi connectivity index (χ0n) is 18.0. The first-order valence-corrected chi connectivity index (χ1v) is 11.3. The summed E-state index contributed by atoms with van der Waals surface area (Å²) in [6, 6.07) is 10.1. The average Bonchev–Trinajstić information content (AvgIpc) is 2.80. The van der Waals surface area contributed by atoms with Crippen molar-refractivity contribution in [2.45, 2.75) is 19.8 Å². The lowest BCUT2D eigenvalue weighted by Gasteiger charge is -2.32. The first kappa shape index (κ1) is 23.1. The predicted octanol–water partition coefficient (Wildman–Crippen LogP) is 5.97. The summed E-state index contributed by atoms with van der Waals surface area (Å²) in [5.74, 6) is -0.0947. The molecule has 2 heterocycles. The van der Waals surface area contributed by atoms with Gasteiger partial charge in [0.05, 0.1) is 26.8 Å². The van der Waals surface area contributed by atoms with Crippen molar-refractivity contribution in [2.24, 2.45) is 5.92 Å². The number of carbonyl (C=O) groups is 1. The molecule has 1 unspecified atom stereocenters. The molecule has 0 spiro atoms. The number of amides is 1. The molecule has 170 valence electrons. The molecule has 1 atom stereocenters. The van der Waals surface area contributed by atoms with Crippen molar-refractivity contribution in [3.8, 4) is 6.07 Å². The number of carbonyl (C=O) groups excluding carboxylic acids is 1. The molecule has 1 aromatic heterocycles. The Labute approximate surface area is 201 Å². The topological polar surface area (TPSA) is 81.1 Å². The molecule has 0 saturated carbocycles. The summed E-state index contributed by atoms with van der Waals surface area (Å²) in [5.41, 5.74) is 2.69. The van der Waals surface area contributed by atoms with E-state index in [1.807, 2.05) is 11.0 Å². The smallest absolute Gasteiger partial charge is 0.219 e. The Bertz CT molecular complexity index is 1260. The van der Waals surface area contributed by atoms with Gasteiger partial charge in [-0.1, -0.05) is 23.2 Å². The minimum atomic E-state index is -0.525. The second kappa shape index (κ2) is 9.82. The van der Waals surface area contributed by atoms with E-state index in [0.29, 0.717) is 45.3 Å². The van der Waals surface area contributed by atoms with Gasteiger partial charge in [-0.15, -0.1) is 0 Å². The van der Waals surface area contributed by atoms with Gasteiger partial charge < -0.3 is 15.5 Å². The van der Waals surface area contributed by atoms with Crippen LogP contribution in [0.15, 0.2) is 36.5 Å². The number of piperidine rings is 1. The number of halogens is 3. The number of nitriles is 1. The first-order valence-electron chi connectivity index (χ1n) is 10.6. The van der Waals surface area contributed by atoms with Crippen LogP contribution in [-0.2, 0) is 4.79 Å². The monoisotopic (exact) mass is 485 g/mol. The van der Waals surface area contributed by atoms with E-state index in [0.717, 1.165) is 31.6 Å². The van der Waals surface area contributed by atoms with E-state index < -0.39 is 5.82 Å². The van der Waals surface area contributed by atoms with Crippen LogP contribution in [0.3, 0.4) is 0 Å². The molecule has 1 fully saturated rings. The molecule has 0 aliphatic carbocycles. The van der Waals surface area contributed by atoms with Crippen molar-refractivity contribution in [3.05, 3.63) is 58.0 Å². The van der Waals surface area contributed by atoms with Gasteiger partial charge in [-0.3, -0.25) is 9.78 Å². The molecule has 9 heteroatoms. The highest BCUT2D eigenvalue weighted by Gasteiger charge is 2.21.